The molecule has 3 rings (SSSR count). The van der Waals surface area contributed by atoms with Crippen molar-refractivity contribution in [2.75, 3.05) is 5.32 Å². The summed E-state index contributed by atoms with van der Waals surface area (Å²) in [6.07, 6.45) is 7.71. The summed E-state index contributed by atoms with van der Waals surface area (Å²) in [5.74, 6) is 2.64. The SMILES string of the molecule is Cc1ccc(CCC(Cn2ccnc2)Oc2ccc(NC=O)cc2)o1. The molecule has 1 N–H and O–H groups in total. The lowest BCUT2D eigenvalue weighted by Gasteiger charge is -2.19. The van der Waals surface area contributed by atoms with E-state index in [1.54, 1.807) is 12.5 Å². The molecule has 0 radical (unpaired) electrons. The van der Waals surface area contributed by atoms with Gasteiger partial charge in [-0.05, 0) is 49.7 Å². The number of ether oxygens (including phenoxy) is 1. The molecule has 3 aromatic rings. The fourth-order valence-corrected chi connectivity index (χ4v) is 2.63. The molecule has 1 amide bonds. The second-order valence-electron chi connectivity index (χ2n) is 5.84. The summed E-state index contributed by atoms with van der Waals surface area (Å²) in [5, 5.41) is 2.61. The third-order valence-electron chi connectivity index (χ3n) is 3.87. The van der Waals surface area contributed by atoms with Crippen LogP contribution in [0.3, 0.4) is 0 Å². The Morgan fingerprint density at radius 2 is 2.12 bits per heavy atom. The Bertz CT molecular complexity index is 779. The number of hydrogen-bond donors (Lipinski definition) is 1. The largest absolute Gasteiger partial charge is 0.489 e. The molecule has 6 heteroatoms. The van der Waals surface area contributed by atoms with E-state index in [0.717, 1.165) is 35.8 Å². The van der Waals surface area contributed by atoms with E-state index in [1.807, 2.05) is 54.1 Å². The fraction of sp³-hybridized carbons (Fsp3) is 0.263. The molecule has 0 saturated carbocycles. The number of aromatic nitrogens is 2. The normalized spacial score (nSPS) is 11.9. The first-order chi connectivity index (χ1) is 12.2. The lowest BCUT2D eigenvalue weighted by atomic mass is 10.1. The number of carbonyl (C=O) groups excluding carboxylic acids is 1. The molecule has 1 unspecified atom stereocenters. The number of nitrogens with one attached hydrogen (secondary N) is 1. The van der Waals surface area contributed by atoms with Crippen LogP contribution in [0.25, 0.3) is 0 Å². The molecule has 2 heterocycles. The molecular weight excluding hydrogens is 318 g/mol. The molecule has 6 nitrogen and oxygen atoms in total. The lowest BCUT2D eigenvalue weighted by molar-refractivity contribution is -0.105. The van der Waals surface area contributed by atoms with Crippen molar-refractivity contribution >= 4 is 12.1 Å². The van der Waals surface area contributed by atoms with Gasteiger partial charge in [-0.1, -0.05) is 0 Å². The van der Waals surface area contributed by atoms with Crippen LogP contribution in [0, 0.1) is 6.92 Å². The van der Waals surface area contributed by atoms with Crippen LogP contribution in [-0.2, 0) is 17.8 Å². The number of benzene rings is 1. The van der Waals surface area contributed by atoms with Gasteiger partial charge >= 0.3 is 0 Å². The molecule has 25 heavy (non-hydrogen) atoms. The molecule has 0 bridgehead atoms. The zero-order valence-electron chi connectivity index (χ0n) is 14.1. The minimum Gasteiger partial charge on any atom is -0.489 e. The summed E-state index contributed by atoms with van der Waals surface area (Å²) in [7, 11) is 0. The number of carbonyl (C=O) groups is 1. The lowest BCUT2D eigenvalue weighted by Crippen LogP contribution is -2.23. The van der Waals surface area contributed by atoms with E-state index >= 15 is 0 Å². The van der Waals surface area contributed by atoms with Gasteiger partial charge in [-0.25, -0.2) is 4.98 Å². The standard InChI is InChI=1S/C19H21N3O3/c1-15-2-5-17(24-15)8-9-19(12-22-11-10-20-13-22)25-18-6-3-16(4-7-18)21-14-23/h2-7,10-11,13-14,19H,8-9,12H2,1H3,(H,21,23). The molecule has 0 aliphatic rings. The van der Waals surface area contributed by atoms with E-state index in [1.165, 1.54) is 0 Å². The highest BCUT2D eigenvalue weighted by Crippen LogP contribution is 2.19. The summed E-state index contributed by atoms with van der Waals surface area (Å²) < 4.78 is 13.8. The highest BCUT2D eigenvalue weighted by atomic mass is 16.5. The number of imidazole rings is 1. The van der Waals surface area contributed by atoms with Gasteiger partial charge in [-0.2, -0.15) is 0 Å². The second kappa shape index (κ2) is 8.19. The van der Waals surface area contributed by atoms with Crippen molar-refractivity contribution in [3.8, 4) is 5.75 Å². The monoisotopic (exact) mass is 339 g/mol. The molecule has 0 spiro atoms. The van der Waals surface area contributed by atoms with Crippen LogP contribution in [0.1, 0.15) is 17.9 Å². The smallest absolute Gasteiger partial charge is 0.211 e. The van der Waals surface area contributed by atoms with E-state index in [2.05, 4.69) is 10.3 Å². The number of rotatable bonds is 9. The average Bonchev–Trinajstić information content (AvgIpc) is 3.26. The highest BCUT2D eigenvalue weighted by molar-refractivity contribution is 5.71. The van der Waals surface area contributed by atoms with Gasteiger partial charge < -0.3 is 19.0 Å². The maximum absolute atomic E-state index is 10.5. The van der Waals surface area contributed by atoms with E-state index in [0.29, 0.717) is 13.0 Å². The quantitative estimate of drug-likeness (QED) is 0.606. The molecule has 1 aromatic carbocycles. The van der Waals surface area contributed by atoms with E-state index in [9.17, 15) is 4.79 Å². The molecule has 0 fully saturated rings. The van der Waals surface area contributed by atoms with E-state index < -0.39 is 0 Å². The molecule has 1 atom stereocenters. The third kappa shape index (κ3) is 4.97. The van der Waals surface area contributed by atoms with Gasteiger partial charge in [0.05, 0.1) is 12.9 Å². The molecule has 0 aliphatic carbocycles. The number of nitrogens with zero attached hydrogens (tertiary/aromatic N) is 2. The summed E-state index contributed by atoms with van der Waals surface area (Å²) in [5.41, 5.74) is 0.736. The van der Waals surface area contributed by atoms with Crippen LogP contribution in [-0.4, -0.2) is 22.1 Å². The zero-order valence-corrected chi connectivity index (χ0v) is 14.1. The Labute approximate surface area is 146 Å². The van der Waals surface area contributed by atoms with Gasteiger partial charge in [0.2, 0.25) is 6.41 Å². The summed E-state index contributed by atoms with van der Waals surface area (Å²) >= 11 is 0. The second-order valence-corrected chi connectivity index (χ2v) is 5.84. The van der Waals surface area contributed by atoms with Crippen LogP contribution in [0.2, 0.25) is 0 Å². The average molecular weight is 339 g/mol. The maximum atomic E-state index is 10.5. The number of furan rings is 1. The van der Waals surface area contributed by atoms with Gasteiger partial charge in [0.1, 0.15) is 23.4 Å². The van der Waals surface area contributed by atoms with Gasteiger partial charge in [0.25, 0.3) is 0 Å². The van der Waals surface area contributed by atoms with Gasteiger partial charge in [-0.3, -0.25) is 4.79 Å². The van der Waals surface area contributed by atoms with E-state index in [-0.39, 0.29) is 6.10 Å². The molecule has 2 aromatic heterocycles. The van der Waals surface area contributed by atoms with Crippen LogP contribution in [0.15, 0.2) is 59.5 Å². The predicted molar refractivity (Wildman–Crippen MR) is 94.5 cm³/mol. The van der Waals surface area contributed by atoms with Gasteiger partial charge in [0, 0.05) is 24.5 Å². The van der Waals surface area contributed by atoms with Crippen molar-refractivity contribution in [1.82, 2.24) is 9.55 Å². The Morgan fingerprint density at radius 1 is 1.28 bits per heavy atom. The van der Waals surface area contributed by atoms with Gasteiger partial charge in [-0.15, -0.1) is 0 Å². The number of aryl methyl sites for hydroxylation is 2. The highest BCUT2D eigenvalue weighted by Gasteiger charge is 2.13. The zero-order chi connectivity index (χ0) is 17.5. The Kier molecular flexibility index (Phi) is 5.51. The molecule has 130 valence electrons. The van der Waals surface area contributed by atoms with Crippen LogP contribution in [0.5, 0.6) is 5.75 Å². The first kappa shape index (κ1) is 16.8. The van der Waals surface area contributed by atoms with E-state index in [4.69, 9.17) is 9.15 Å². The van der Waals surface area contributed by atoms with Crippen molar-refractivity contribution in [1.29, 1.82) is 0 Å². The minimum atomic E-state index is -0.0236. The molecule has 0 saturated heterocycles. The maximum Gasteiger partial charge on any atom is 0.211 e. The Balaban J connectivity index is 1.65. The van der Waals surface area contributed by atoms with Crippen LogP contribution < -0.4 is 10.1 Å². The Hall–Kier alpha value is -3.02. The topological polar surface area (TPSA) is 69.3 Å². The first-order valence-electron chi connectivity index (χ1n) is 8.21. The fourth-order valence-electron chi connectivity index (χ4n) is 2.63. The predicted octanol–water partition coefficient (Wildman–Crippen LogP) is 3.43. The third-order valence-corrected chi connectivity index (χ3v) is 3.87. The number of amides is 1. The number of anilines is 1. The summed E-state index contributed by atoms with van der Waals surface area (Å²) in [6, 6.07) is 11.3. The number of hydrogen-bond acceptors (Lipinski definition) is 4. The van der Waals surface area contributed by atoms with Crippen LogP contribution >= 0.6 is 0 Å². The Morgan fingerprint density at radius 3 is 2.76 bits per heavy atom. The van der Waals surface area contributed by atoms with Crippen molar-refractivity contribution in [3.05, 3.63) is 66.6 Å². The first-order valence-corrected chi connectivity index (χ1v) is 8.21. The van der Waals surface area contributed by atoms with Gasteiger partial charge in [0.15, 0.2) is 0 Å². The van der Waals surface area contributed by atoms with Crippen molar-refractivity contribution < 1.29 is 13.9 Å². The molecular formula is C19H21N3O3. The van der Waals surface area contributed by atoms with Crippen LogP contribution in [0.4, 0.5) is 5.69 Å². The minimum absolute atomic E-state index is 0.0236. The summed E-state index contributed by atoms with van der Waals surface area (Å²) in [4.78, 5) is 14.6. The van der Waals surface area contributed by atoms with Crippen molar-refractivity contribution in [2.45, 2.75) is 32.4 Å². The van der Waals surface area contributed by atoms with Crippen molar-refractivity contribution in [3.63, 3.8) is 0 Å². The molecule has 0 aliphatic heterocycles. The summed E-state index contributed by atoms with van der Waals surface area (Å²) in [6.45, 7) is 2.64. The van der Waals surface area contributed by atoms with Crippen molar-refractivity contribution in [2.24, 2.45) is 0 Å².